The lowest BCUT2D eigenvalue weighted by molar-refractivity contribution is 0.0635. The average molecular weight is 268 g/mol. The van der Waals surface area contributed by atoms with Gasteiger partial charge >= 0.3 is 0 Å². The van der Waals surface area contributed by atoms with E-state index in [1.54, 1.807) is 0 Å². The van der Waals surface area contributed by atoms with Crippen molar-refractivity contribution in [2.45, 2.75) is 73.4 Å². The van der Waals surface area contributed by atoms with E-state index in [0.717, 1.165) is 24.4 Å². The van der Waals surface area contributed by atoms with Crippen LogP contribution in [0.4, 0.5) is 0 Å². The molecular weight excluding hydrogens is 232 g/mol. The van der Waals surface area contributed by atoms with Crippen molar-refractivity contribution in [3.63, 3.8) is 0 Å². The van der Waals surface area contributed by atoms with Gasteiger partial charge < -0.3 is 5.32 Å². The molecule has 1 fully saturated rings. The number of piperazine rings is 1. The zero-order valence-corrected chi connectivity index (χ0v) is 14.3. The van der Waals surface area contributed by atoms with Crippen molar-refractivity contribution in [3.05, 3.63) is 0 Å². The fraction of sp³-hybridized carbons (Fsp3) is 1.00. The first-order chi connectivity index (χ1) is 8.74. The van der Waals surface area contributed by atoms with Crippen LogP contribution in [0.25, 0.3) is 0 Å². The number of nitrogens with one attached hydrogen (secondary N) is 1. The Hall–Kier alpha value is -0.0800. The summed E-state index contributed by atoms with van der Waals surface area (Å²) in [5, 5.41) is 3.79. The van der Waals surface area contributed by atoms with Gasteiger partial charge in [-0.3, -0.25) is 4.90 Å². The van der Waals surface area contributed by atoms with Crippen LogP contribution in [-0.2, 0) is 0 Å². The molecule has 1 heterocycles. The molecule has 0 saturated carbocycles. The predicted molar refractivity (Wildman–Crippen MR) is 85.5 cm³/mol. The molecule has 114 valence electrons. The van der Waals surface area contributed by atoms with Crippen LogP contribution in [0.3, 0.4) is 0 Å². The van der Waals surface area contributed by atoms with Crippen LogP contribution < -0.4 is 5.32 Å². The quantitative estimate of drug-likeness (QED) is 0.816. The van der Waals surface area contributed by atoms with Gasteiger partial charge in [-0.05, 0) is 23.7 Å². The fourth-order valence-corrected chi connectivity index (χ4v) is 2.97. The summed E-state index contributed by atoms with van der Waals surface area (Å²) >= 11 is 0. The van der Waals surface area contributed by atoms with E-state index in [0.29, 0.717) is 11.5 Å². The third-order valence-electron chi connectivity index (χ3n) is 4.57. The van der Waals surface area contributed by atoms with Gasteiger partial charge in [-0.2, -0.15) is 0 Å². The minimum Gasteiger partial charge on any atom is -0.311 e. The van der Waals surface area contributed by atoms with E-state index in [1.165, 1.54) is 25.9 Å². The van der Waals surface area contributed by atoms with Crippen LogP contribution in [0, 0.1) is 17.3 Å². The van der Waals surface area contributed by atoms with Crippen molar-refractivity contribution in [3.8, 4) is 0 Å². The second-order valence-corrected chi connectivity index (χ2v) is 8.08. The molecule has 1 saturated heterocycles. The largest absolute Gasteiger partial charge is 0.311 e. The first-order valence-electron chi connectivity index (χ1n) is 8.21. The van der Waals surface area contributed by atoms with E-state index >= 15 is 0 Å². The maximum absolute atomic E-state index is 3.79. The number of rotatable bonds is 5. The molecule has 0 aliphatic carbocycles. The maximum atomic E-state index is 3.79. The summed E-state index contributed by atoms with van der Waals surface area (Å²) in [4.78, 5) is 2.76. The number of hydrogen-bond donors (Lipinski definition) is 1. The molecule has 0 bridgehead atoms. The Morgan fingerprint density at radius 3 is 2.32 bits per heavy atom. The van der Waals surface area contributed by atoms with Gasteiger partial charge in [-0.15, -0.1) is 0 Å². The van der Waals surface area contributed by atoms with Crippen LogP contribution in [0.1, 0.15) is 61.3 Å². The van der Waals surface area contributed by atoms with Gasteiger partial charge in [0, 0.05) is 31.7 Å². The van der Waals surface area contributed by atoms with Crippen LogP contribution >= 0.6 is 0 Å². The zero-order chi connectivity index (χ0) is 14.6. The molecule has 0 amide bonds. The molecule has 0 aromatic rings. The van der Waals surface area contributed by atoms with Crippen LogP contribution in [0.5, 0.6) is 0 Å². The average Bonchev–Trinajstić information content (AvgIpc) is 2.29. The van der Waals surface area contributed by atoms with Crippen molar-refractivity contribution < 1.29 is 0 Å². The lowest BCUT2D eigenvalue weighted by Gasteiger charge is -2.46. The highest BCUT2D eigenvalue weighted by Crippen LogP contribution is 2.26. The Labute approximate surface area is 121 Å². The van der Waals surface area contributed by atoms with Gasteiger partial charge in [0.25, 0.3) is 0 Å². The summed E-state index contributed by atoms with van der Waals surface area (Å²) in [6.07, 6.45) is 2.61. The third-order valence-corrected chi connectivity index (χ3v) is 4.57. The first-order valence-corrected chi connectivity index (χ1v) is 8.21. The van der Waals surface area contributed by atoms with Crippen molar-refractivity contribution in [1.29, 1.82) is 0 Å². The summed E-state index contributed by atoms with van der Waals surface area (Å²) in [6.45, 7) is 20.1. The summed E-state index contributed by atoms with van der Waals surface area (Å²) in [5.74, 6) is 1.60. The topological polar surface area (TPSA) is 15.3 Å². The molecular formula is C17H36N2. The smallest absolute Gasteiger partial charge is 0.0244 e. The molecule has 3 atom stereocenters. The molecule has 19 heavy (non-hydrogen) atoms. The van der Waals surface area contributed by atoms with Gasteiger partial charge in [0.2, 0.25) is 0 Å². The van der Waals surface area contributed by atoms with Crippen molar-refractivity contribution in [1.82, 2.24) is 10.2 Å². The Kier molecular flexibility index (Phi) is 6.32. The van der Waals surface area contributed by atoms with Crippen LogP contribution in [0.15, 0.2) is 0 Å². The molecule has 1 rings (SSSR count). The Bertz CT molecular complexity index is 254. The van der Waals surface area contributed by atoms with E-state index in [9.17, 15) is 0 Å². The molecule has 1 aliphatic heterocycles. The molecule has 1 aliphatic rings. The maximum Gasteiger partial charge on any atom is 0.0244 e. The van der Waals surface area contributed by atoms with Gasteiger partial charge in [0.05, 0.1) is 0 Å². The zero-order valence-electron chi connectivity index (χ0n) is 14.3. The minimum atomic E-state index is 0.358. The molecule has 3 unspecified atom stereocenters. The first kappa shape index (κ1) is 17.0. The van der Waals surface area contributed by atoms with Gasteiger partial charge in [0.1, 0.15) is 0 Å². The van der Waals surface area contributed by atoms with Crippen molar-refractivity contribution in [2.75, 3.05) is 19.6 Å². The third kappa shape index (κ3) is 5.43. The van der Waals surface area contributed by atoms with E-state index in [4.69, 9.17) is 0 Å². The molecule has 0 aromatic carbocycles. The van der Waals surface area contributed by atoms with Crippen molar-refractivity contribution >= 4 is 0 Å². The highest BCUT2D eigenvalue weighted by atomic mass is 15.2. The molecule has 0 radical (unpaired) electrons. The van der Waals surface area contributed by atoms with Crippen LogP contribution in [0.2, 0.25) is 0 Å². The fourth-order valence-electron chi connectivity index (χ4n) is 2.97. The molecule has 0 spiro atoms. The van der Waals surface area contributed by atoms with Crippen LogP contribution in [-0.4, -0.2) is 36.6 Å². The van der Waals surface area contributed by atoms with Crippen molar-refractivity contribution in [2.24, 2.45) is 17.3 Å². The lowest BCUT2D eigenvalue weighted by atomic mass is 9.83. The van der Waals surface area contributed by atoms with E-state index in [2.05, 4.69) is 58.7 Å². The van der Waals surface area contributed by atoms with Gasteiger partial charge in [-0.1, -0.05) is 54.9 Å². The molecule has 2 nitrogen and oxygen atoms in total. The Balaban J connectivity index is 2.68. The van der Waals surface area contributed by atoms with E-state index in [-0.39, 0.29) is 0 Å². The predicted octanol–water partition coefficient (Wildman–Crippen LogP) is 3.77. The normalized spacial score (nSPS) is 27.8. The summed E-state index contributed by atoms with van der Waals surface area (Å²) in [6, 6.07) is 1.35. The van der Waals surface area contributed by atoms with E-state index in [1.807, 2.05) is 0 Å². The summed E-state index contributed by atoms with van der Waals surface area (Å²) in [7, 11) is 0. The molecule has 2 heteroatoms. The Morgan fingerprint density at radius 2 is 1.84 bits per heavy atom. The highest BCUT2D eigenvalue weighted by Gasteiger charge is 2.34. The van der Waals surface area contributed by atoms with E-state index < -0.39 is 0 Å². The summed E-state index contributed by atoms with van der Waals surface area (Å²) in [5.41, 5.74) is 0.358. The standard InChI is InChI=1S/C17H36N2/c1-8-14(4)11-19-12-16(17(5,6)7)18-10-15(19)9-13(2)3/h13-16,18H,8-12H2,1-7H3. The monoisotopic (exact) mass is 268 g/mol. The van der Waals surface area contributed by atoms with Gasteiger partial charge in [-0.25, -0.2) is 0 Å². The molecule has 1 N–H and O–H groups in total. The lowest BCUT2D eigenvalue weighted by Crippen LogP contribution is -2.61. The SMILES string of the molecule is CCC(C)CN1CC(C(C)(C)C)NCC1CC(C)C. The Morgan fingerprint density at radius 1 is 1.21 bits per heavy atom. The van der Waals surface area contributed by atoms with Gasteiger partial charge in [0.15, 0.2) is 0 Å². The second kappa shape index (κ2) is 7.08. The summed E-state index contributed by atoms with van der Waals surface area (Å²) < 4.78 is 0. The molecule has 0 aromatic heterocycles. The highest BCUT2D eigenvalue weighted by molar-refractivity contribution is 4.92. The second-order valence-electron chi connectivity index (χ2n) is 8.08. The number of nitrogens with zero attached hydrogens (tertiary/aromatic N) is 1. The minimum absolute atomic E-state index is 0.358. The number of hydrogen-bond acceptors (Lipinski definition) is 2.